The summed E-state index contributed by atoms with van der Waals surface area (Å²) in [6.07, 6.45) is -5.84. The Morgan fingerprint density at radius 2 is 1.91 bits per heavy atom. The van der Waals surface area contributed by atoms with E-state index >= 15 is 0 Å². The summed E-state index contributed by atoms with van der Waals surface area (Å²) in [5.74, 6) is -0.981. The van der Waals surface area contributed by atoms with E-state index in [1.54, 1.807) is 41.8 Å². The average Bonchev–Trinajstić information content (AvgIpc) is 3.15. The van der Waals surface area contributed by atoms with Gasteiger partial charge < -0.3 is 5.11 Å². The van der Waals surface area contributed by atoms with Crippen molar-refractivity contribution in [3.05, 3.63) is 58.3 Å². The maximum Gasteiger partial charge on any atom is 0.438 e. The van der Waals surface area contributed by atoms with Crippen LogP contribution in [0.5, 0.6) is 0 Å². The molecule has 0 bridgehead atoms. The fraction of sp³-hybridized carbons (Fsp3) is 0.200. The summed E-state index contributed by atoms with van der Waals surface area (Å²) in [4.78, 5) is 12.4. The Morgan fingerprint density at radius 3 is 2.48 bits per heavy atom. The van der Waals surface area contributed by atoms with Crippen molar-refractivity contribution in [2.24, 2.45) is 5.10 Å². The van der Waals surface area contributed by atoms with Gasteiger partial charge >= 0.3 is 6.18 Å². The standard InChI is InChI=1S/C15H11F3N2O2S/c16-15(17,18)14(22)9-11(10-5-2-1-3-6-10)19-20(14)13(21)12-7-4-8-23-12/h1-8,22H,9H2/t14-/m0/s1. The number of aliphatic hydroxyl groups is 1. The van der Waals surface area contributed by atoms with Crippen LogP contribution in [0.3, 0.4) is 0 Å². The first-order chi connectivity index (χ1) is 10.8. The largest absolute Gasteiger partial charge is 0.438 e. The molecule has 23 heavy (non-hydrogen) atoms. The molecule has 0 unspecified atom stereocenters. The first-order valence-electron chi connectivity index (χ1n) is 6.63. The third kappa shape index (κ3) is 2.64. The van der Waals surface area contributed by atoms with Crippen LogP contribution in [0.15, 0.2) is 52.9 Å². The number of thiophene rings is 1. The molecule has 0 radical (unpaired) electrons. The highest BCUT2D eigenvalue weighted by molar-refractivity contribution is 7.12. The number of hydrazone groups is 1. The molecule has 0 fully saturated rings. The molecule has 1 aliphatic rings. The molecule has 1 N–H and O–H groups in total. The molecule has 3 rings (SSSR count). The third-order valence-electron chi connectivity index (χ3n) is 3.47. The average molecular weight is 340 g/mol. The molecule has 4 nitrogen and oxygen atoms in total. The summed E-state index contributed by atoms with van der Waals surface area (Å²) >= 11 is 0.987. The van der Waals surface area contributed by atoms with Crippen LogP contribution >= 0.6 is 11.3 Å². The van der Waals surface area contributed by atoms with E-state index < -0.39 is 24.2 Å². The molecule has 8 heteroatoms. The molecule has 0 saturated heterocycles. The summed E-state index contributed by atoms with van der Waals surface area (Å²) in [5.41, 5.74) is -2.91. The van der Waals surface area contributed by atoms with Gasteiger partial charge in [-0.1, -0.05) is 36.4 Å². The zero-order valence-electron chi connectivity index (χ0n) is 11.6. The van der Waals surface area contributed by atoms with Crippen LogP contribution in [0, 0.1) is 0 Å². The minimum absolute atomic E-state index is 0.00957. The molecule has 1 atom stereocenters. The third-order valence-corrected chi connectivity index (χ3v) is 4.33. The van der Waals surface area contributed by atoms with Crippen LogP contribution in [0.1, 0.15) is 21.7 Å². The van der Waals surface area contributed by atoms with E-state index in [9.17, 15) is 23.1 Å². The summed E-state index contributed by atoms with van der Waals surface area (Å²) in [6, 6.07) is 11.1. The lowest BCUT2D eigenvalue weighted by Crippen LogP contribution is -2.56. The van der Waals surface area contributed by atoms with E-state index in [1.807, 2.05) is 0 Å². The second-order valence-electron chi connectivity index (χ2n) is 5.00. The van der Waals surface area contributed by atoms with Gasteiger partial charge in [-0.3, -0.25) is 4.79 Å². The number of rotatable bonds is 2. The van der Waals surface area contributed by atoms with Crippen LogP contribution in [0.4, 0.5) is 13.2 Å². The van der Waals surface area contributed by atoms with Crippen LogP contribution in [0.2, 0.25) is 0 Å². The number of carbonyl (C=O) groups excluding carboxylic acids is 1. The Bertz CT molecular complexity index is 744. The van der Waals surface area contributed by atoms with Crippen molar-refractivity contribution in [1.29, 1.82) is 0 Å². The SMILES string of the molecule is O=C(c1cccs1)N1N=C(c2ccccc2)C[C@]1(O)C(F)(F)F. The van der Waals surface area contributed by atoms with E-state index in [-0.39, 0.29) is 15.6 Å². The van der Waals surface area contributed by atoms with Gasteiger partial charge in [0.25, 0.3) is 11.6 Å². The number of hydrogen-bond donors (Lipinski definition) is 1. The van der Waals surface area contributed by atoms with Crippen molar-refractivity contribution in [1.82, 2.24) is 5.01 Å². The number of nitrogens with zero attached hydrogens (tertiary/aromatic N) is 2. The number of amides is 1. The Kier molecular flexibility index (Phi) is 3.73. The molecule has 1 aliphatic heterocycles. The molecule has 0 saturated carbocycles. The molecule has 2 heterocycles. The predicted molar refractivity (Wildman–Crippen MR) is 79.1 cm³/mol. The lowest BCUT2D eigenvalue weighted by Gasteiger charge is -2.32. The van der Waals surface area contributed by atoms with Crippen molar-refractivity contribution in [3.8, 4) is 0 Å². The van der Waals surface area contributed by atoms with Crippen molar-refractivity contribution < 1.29 is 23.1 Å². The topological polar surface area (TPSA) is 52.9 Å². The van der Waals surface area contributed by atoms with Gasteiger partial charge in [0, 0.05) is 0 Å². The van der Waals surface area contributed by atoms with E-state index in [2.05, 4.69) is 5.10 Å². The highest BCUT2D eigenvalue weighted by Gasteiger charge is 2.63. The first kappa shape index (κ1) is 15.7. The van der Waals surface area contributed by atoms with Crippen LogP contribution in [-0.2, 0) is 0 Å². The number of carbonyl (C=O) groups is 1. The molecule has 2 aromatic rings. The summed E-state index contributed by atoms with van der Waals surface area (Å²) in [5, 5.41) is 15.6. The minimum atomic E-state index is -5.03. The zero-order valence-corrected chi connectivity index (χ0v) is 12.4. The smallest absolute Gasteiger partial charge is 0.362 e. The molecular formula is C15H11F3N2O2S. The van der Waals surface area contributed by atoms with E-state index in [1.165, 1.54) is 6.07 Å². The minimum Gasteiger partial charge on any atom is -0.362 e. The first-order valence-corrected chi connectivity index (χ1v) is 7.51. The van der Waals surface area contributed by atoms with Crippen molar-refractivity contribution in [3.63, 3.8) is 0 Å². The van der Waals surface area contributed by atoms with E-state index in [4.69, 9.17) is 0 Å². The second-order valence-corrected chi connectivity index (χ2v) is 5.95. The number of halogens is 3. The highest BCUT2D eigenvalue weighted by atomic mass is 32.1. The van der Waals surface area contributed by atoms with Gasteiger partial charge in [-0.15, -0.1) is 11.3 Å². The Morgan fingerprint density at radius 1 is 1.22 bits per heavy atom. The molecule has 1 aromatic carbocycles. The molecule has 0 spiro atoms. The maximum atomic E-state index is 13.4. The molecule has 1 aromatic heterocycles. The van der Waals surface area contributed by atoms with Crippen molar-refractivity contribution in [2.75, 3.05) is 0 Å². The fourth-order valence-corrected chi connectivity index (χ4v) is 2.92. The lowest BCUT2D eigenvalue weighted by molar-refractivity contribution is -0.297. The zero-order chi connectivity index (χ0) is 16.7. The van der Waals surface area contributed by atoms with Gasteiger partial charge in [-0.05, 0) is 17.0 Å². The Labute approximate surface area is 133 Å². The second kappa shape index (κ2) is 5.47. The summed E-state index contributed by atoms with van der Waals surface area (Å²) in [7, 11) is 0. The predicted octanol–water partition coefficient (Wildman–Crippen LogP) is 3.25. The van der Waals surface area contributed by atoms with Crippen LogP contribution in [0.25, 0.3) is 0 Å². The highest BCUT2D eigenvalue weighted by Crippen LogP contribution is 2.42. The van der Waals surface area contributed by atoms with Gasteiger partial charge in [0.05, 0.1) is 17.0 Å². The molecule has 1 amide bonds. The summed E-state index contributed by atoms with van der Waals surface area (Å²) < 4.78 is 40.1. The summed E-state index contributed by atoms with van der Waals surface area (Å²) in [6.45, 7) is 0. The number of hydrogen-bond acceptors (Lipinski definition) is 4. The van der Waals surface area contributed by atoms with E-state index in [0.29, 0.717) is 5.56 Å². The lowest BCUT2D eigenvalue weighted by atomic mass is 10.0. The molecule has 120 valence electrons. The van der Waals surface area contributed by atoms with Crippen LogP contribution < -0.4 is 0 Å². The van der Waals surface area contributed by atoms with Gasteiger partial charge in [0.15, 0.2) is 0 Å². The Balaban J connectivity index is 2.04. The number of benzene rings is 1. The molecular weight excluding hydrogens is 329 g/mol. The quantitative estimate of drug-likeness (QED) is 0.912. The number of alkyl halides is 3. The maximum absolute atomic E-state index is 13.4. The van der Waals surface area contributed by atoms with Gasteiger partial charge in [-0.25, -0.2) is 0 Å². The molecule has 0 aliphatic carbocycles. The van der Waals surface area contributed by atoms with Gasteiger partial charge in [0.2, 0.25) is 0 Å². The van der Waals surface area contributed by atoms with Gasteiger partial charge in [0.1, 0.15) is 0 Å². The normalized spacial score (nSPS) is 21.4. The monoisotopic (exact) mass is 340 g/mol. The van der Waals surface area contributed by atoms with E-state index in [0.717, 1.165) is 11.3 Å². The van der Waals surface area contributed by atoms with Gasteiger partial charge in [-0.2, -0.15) is 23.3 Å². The fourth-order valence-electron chi connectivity index (χ4n) is 2.28. The van der Waals surface area contributed by atoms with Crippen molar-refractivity contribution in [2.45, 2.75) is 18.3 Å². The Hall–Kier alpha value is -2.19. The van der Waals surface area contributed by atoms with Crippen molar-refractivity contribution >= 4 is 23.0 Å². The van der Waals surface area contributed by atoms with Crippen LogP contribution in [-0.4, -0.2) is 33.6 Å².